The molecule has 1 spiro atoms. The lowest BCUT2D eigenvalue weighted by atomic mass is 9.85. The summed E-state index contributed by atoms with van der Waals surface area (Å²) in [4.78, 5) is 36.9. The third-order valence-corrected chi connectivity index (χ3v) is 7.42. The van der Waals surface area contributed by atoms with Crippen LogP contribution in [0.15, 0.2) is 52.0 Å². The van der Waals surface area contributed by atoms with E-state index in [2.05, 4.69) is 17.3 Å². The Hall–Kier alpha value is -3.75. The summed E-state index contributed by atoms with van der Waals surface area (Å²) >= 11 is 0. The molecule has 4 aliphatic rings. The number of methoxy groups -OCH3 is 1. The van der Waals surface area contributed by atoms with Crippen molar-refractivity contribution in [1.29, 1.82) is 0 Å². The second-order valence-electron chi connectivity index (χ2n) is 8.80. The Kier molecular flexibility index (Phi) is 3.78. The molecule has 2 heterocycles. The average Bonchev–Trinajstić information content (AvgIpc) is 3.08. The second-order valence-corrected chi connectivity index (χ2v) is 8.80. The molecule has 1 aromatic heterocycles. The molecule has 1 saturated heterocycles. The summed E-state index contributed by atoms with van der Waals surface area (Å²) in [5.41, 5.74) is 0.270. The van der Waals surface area contributed by atoms with Gasteiger partial charge in [-0.15, -0.1) is 0 Å². The fourth-order valence-electron chi connectivity index (χ4n) is 5.86. The molecule has 1 aromatic carbocycles. The number of allylic oxidation sites excluding steroid dienone is 2. The minimum atomic E-state index is -0.510. The van der Waals surface area contributed by atoms with E-state index >= 15 is 0 Å². The van der Waals surface area contributed by atoms with Crippen molar-refractivity contribution < 1.29 is 23.7 Å². The number of hydrogen-bond acceptors (Lipinski definition) is 7. The lowest BCUT2D eigenvalue weighted by molar-refractivity contribution is -0.384. The molecule has 4 atom stereocenters. The zero-order valence-electron chi connectivity index (χ0n) is 17.1. The van der Waals surface area contributed by atoms with Gasteiger partial charge in [-0.3, -0.25) is 19.7 Å². The van der Waals surface area contributed by atoms with Crippen molar-refractivity contribution in [2.24, 2.45) is 34.2 Å². The van der Waals surface area contributed by atoms with Gasteiger partial charge in [0.05, 0.1) is 41.7 Å². The number of benzene rings is 1. The zero-order valence-corrected chi connectivity index (χ0v) is 17.1. The van der Waals surface area contributed by atoms with Crippen molar-refractivity contribution in [2.75, 3.05) is 7.11 Å². The average molecular weight is 433 g/mol. The predicted octanol–water partition coefficient (Wildman–Crippen LogP) is 3.39. The highest BCUT2D eigenvalue weighted by molar-refractivity contribution is 6.07. The van der Waals surface area contributed by atoms with Crippen LogP contribution in [0.1, 0.15) is 18.6 Å². The Balaban J connectivity index is 1.25. The Labute approximate surface area is 182 Å². The molecule has 1 aliphatic heterocycles. The molecule has 2 saturated carbocycles. The Morgan fingerprint density at radius 3 is 2.44 bits per heavy atom. The number of furan rings is 1. The lowest BCUT2D eigenvalue weighted by Gasteiger charge is -2.18. The molecule has 2 aromatic rings. The standard InChI is InChI=1S/C23H19N3O6/c1-31-12-2-4-14(17(10-12)26(29)30)18-7-3-13(32-18)11-24-25-21(27)19-15-5-6-16(20(19)22(25)28)23(15)8-9-23/h2-7,10-11,15-16,19-20H,8-9H2,1H3/b24-11-/t15-,16-,19-,20-/m0/s1. The molecule has 162 valence electrons. The number of ether oxygens (including phenoxy) is 1. The van der Waals surface area contributed by atoms with E-state index < -0.39 is 4.92 Å². The number of amides is 2. The third kappa shape index (κ3) is 2.41. The molecule has 2 bridgehead atoms. The summed E-state index contributed by atoms with van der Waals surface area (Å²) < 4.78 is 10.8. The van der Waals surface area contributed by atoms with Gasteiger partial charge in [-0.05, 0) is 54.4 Å². The number of carbonyl (C=O) groups excluding carboxylic acids is 2. The number of imide groups is 1. The van der Waals surface area contributed by atoms with Crippen LogP contribution in [0.25, 0.3) is 11.3 Å². The van der Waals surface area contributed by atoms with Gasteiger partial charge in [0.2, 0.25) is 0 Å². The first-order valence-electron chi connectivity index (χ1n) is 10.5. The number of nitro benzene ring substituents is 1. The SMILES string of the molecule is COc1ccc(-c2ccc(/C=N\N3C(=O)[C@@H]4[C@@H](C3=O)[C@@H]3C=C[C@@H]4C34CC4)o2)c([N+](=O)[O-])c1. The van der Waals surface area contributed by atoms with Crippen LogP contribution >= 0.6 is 0 Å². The molecule has 0 unspecified atom stereocenters. The first kappa shape index (κ1) is 19.0. The summed E-state index contributed by atoms with van der Waals surface area (Å²) in [7, 11) is 1.43. The summed E-state index contributed by atoms with van der Waals surface area (Å²) in [6.07, 6.45) is 7.69. The summed E-state index contributed by atoms with van der Waals surface area (Å²) in [5, 5.41) is 16.5. The van der Waals surface area contributed by atoms with E-state index in [1.54, 1.807) is 24.3 Å². The lowest BCUT2D eigenvalue weighted by Crippen LogP contribution is -2.30. The smallest absolute Gasteiger partial charge is 0.284 e. The van der Waals surface area contributed by atoms with E-state index in [0.717, 1.165) is 17.9 Å². The topological polar surface area (TPSA) is 115 Å². The van der Waals surface area contributed by atoms with E-state index in [0.29, 0.717) is 5.75 Å². The minimum Gasteiger partial charge on any atom is -0.497 e. The van der Waals surface area contributed by atoms with Crippen molar-refractivity contribution >= 4 is 23.7 Å². The molecule has 6 rings (SSSR count). The van der Waals surface area contributed by atoms with E-state index in [9.17, 15) is 19.7 Å². The molecule has 2 amide bonds. The Morgan fingerprint density at radius 2 is 1.84 bits per heavy atom. The monoisotopic (exact) mass is 433 g/mol. The number of hydrogen-bond donors (Lipinski definition) is 0. The predicted molar refractivity (Wildman–Crippen MR) is 112 cm³/mol. The highest BCUT2D eigenvalue weighted by Crippen LogP contribution is 2.73. The van der Waals surface area contributed by atoms with Crippen molar-refractivity contribution in [1.82, 2.24) is 5.01 Å². The van der Waals surface area contributed by atoms with Crippen LogP contribution in [0.4, 0.5) is 5.69 Å². The van der Waals surface area contributed by atoms with Crippen LogP contribution in [-0.2, 0) is 9.59 Å². The van der Waals surface area contributed by atoms with Crippen molar-refractivity contribution in [2.45, 2.75) is 12.8 Å². The maximum atomic E-state index is 13.0. The zero-order chi connectivity index (χ0) is 22.2. The van der Waals surface area contributed by atoms with Crippen molar-refractivity contribution in [3.05, 3.63) is 58.4 Å². The van der Waals surface area contributed by atoms with E-state index in [1.807, 2.05) is 0 Å². The first-order valence-corrected chi connectivity index (χ1v) is 10.5. The van der Waals surface area contributed by atoms with Crippen LogP contribution in [0.5, 0.6) is 5.75 Å². The molecule has 0 N–H and O–H groups in total. The number of nitro groups is 1. The van der Waals surface area contributed by atoms with Crippen LogP contribution in [0, 0.1) is 39.2 Å². The summed E-state index contributed by atoms with van der Waals surface area (Å²) in [6, 6.07) is 7.64. The largest absolute Gasteiger partial charge is 0.497 e. The van der Waals surface area contributed by atoms with E-state index in [1.165, 1.54) is 19.4 Å². The molecule has 32 heavy (non-hydrogen) atoms. The third-order valence-electron chi connectivity index (χ3n) is 7.42. The summed E-state index contributed by atoms with van der Waals surface area (Å²) in [6.45, 7) is 0. The summed E-state index contributed by atoms with van der Waals surface area (Å²) in [5.74, 6) is 0.0606. The number of hydrazone groups is 1. The highest BCUT2D eigenvalue weighted by atomic mass is 16.6. The van der Waals surface area contributed by atoms with Gasteiger partial charge in [-0.1, -0.05) is 12.2 Å². The van der Waals surface area contributed by atoms with Gasteiger partial charge in [0.15, 0.2) is 0 Å². The van der Waals surface area contributed by atoms with Gasteiger partial charge >= 0.3 is 0 Å². The fourth-order valence-corrected chi connectivity index (χ4v) is 5.86. The van der Waals surface area contributed by atoms with Gasteiger partial charge < -0.3 is 9.15 Å². The van der Waals surface area contributed by atoms with Gasteiger partial charge in [0, 0.05) is 0 Å². The number of nitrogens with zero attached hydrogens (tertiary/aromatic N) is 3. The van der Waals surface area contributed by atoms with Crippen molar-refractivity contribution in [3.8, 4) is 17.1 Å². The van der Waals surface area contributed by atoms with Crippen molar-refractivity contribution in [3.63, 3.8) is 0 Å². The maximum Gasteiger partial charge on any atom is 0.284 e. The van der Waals surface area contributed by atoms with Crippen LogP contribution in [0.3, 0.4) is 0 Å². The van der Waals surface area contributed by atoms with Gasteiger partial charge in [0.1, 0.15) is 17.3 Å². The molecule has 9 nitrogen and oxygen atoms in total. The quantitative estimate of drug-likeness (QED) is 0.235. The first-order chi connectivity index (χ1) is 15.4. The molecular formula is C23H19N3O6. The van der Waals surface area contributed by atoms with Gasteiger partial charge in [-0.25, -0.2) is 0 Å². The molecular weight excluding hydrogens is 414 g/mol. The minimum absolute atomic E-state index is 0.138. The second kappa shape index (κ2) is 6.38. The van der Waals surface area contributed by atoms with E-state index in [-0.39, 0.29) is 63.7 Å². The van der Waals surface area contributed by atoms with Crippen LogP contribution in [-0.4, -0.2) is 35.1 Å². The number of rotatable bonds is 5. The number of fused-ring (bicyclic) bond motifs is 3. The van der Waals surface area contributed by atoms with E-state index in [4.69, 9.17) is 9.15 Å². The Bertz CT molecular complexity index is 1210. The molecule has 3 fully saturated rings. The molecule has 0 radical (unpaired) electrons. The van der Waals surface area contributed by atoms with Crippen LogP contribution in [0.2, 0.25) is 0 Å². The van der Waals surface area contributed by atoms with Gasteiger partial charge in [-0.2, -0.15) is 10.1 Å². The van der Waals surface area contributed by atoms with Gasteiger partial charge in [0.25, 0.3) is 17.5 Å². The number of carbonyl (C=O) groups is 2. The van der Waals surface area contributed by atoms with Crippen LogP contribution < -0.4 is 4.74 Å². The fraction of sp³-hybridized carbons (Fsp3) is 0.348. The molecule has 3 aliphatic carbocycles. The normalized spacial score (nSPS) is 28.8. The Morgan fingerprint density at radius 1 is 1.16 bits per heavy atom. The molecule has 9 heteroatoms. The maximum absolute atomic E-state index is 13.0. The highest BCUT2D eigenvalue weighted by Gasteiger charge is 2.73.